The van der Waals surface area contributed by atoms with Crippen LogP contribution in [0.4, 0.5) is 0 Å². The van der Waals surface area contributed by atoms with Crippen LogP contribution in [-0.4, -0.2) is 42.9 Å². The van der Waals surface area contributed by atoms with Crippen molar-refractivity contribution in [1.29, 1.82) is 0 Å². The molecule has 0 spiro atoms. The second-order valence-corrected chi connectivity index (χ2v) is 4.24. The van der Waals surface area contributed by atoms with Gasteiger partial charge in [-0.25, -0.2) is 0 Å². The van der Waals surface area contributed by atoms with Crippen molar-refractivity contribution in [3.63, 3.8) is 0 Å². The summed E-state index contributed by atoms with van der Waals surface area (Å²) in [6.45, 7) is 4.29. The lowest BCUT2D eigenvalue weighted by molar-refractivity contribution is -0.145. The molecule has 0 bridgehead atoms. The lowest BCUT2D eigenvalue weighted by Gasteiger charge is -2.15. The Morgan fingerprint density at radius 2 is 2.25 bits per heavy atom. The van der Waals surface area contributed by atoms with E-state index >= 15 is 0 Å². The van der Waals surface area contributed by atoms with Gasteiger partial charge >= 0.3 is 11.8 Å². The molecule has 16 heavy (non-hydrogen) atoms. The monoisotopic (exact) mass is 227 g/mol. The third kappa shape index (κ3) is 3.48. The average Bonchev–Trinajstić information content (AvgIpc) is 2.74. The van der Waals surface area contributed by atoms with Crippen LogP contribution in [0.1, 0.15) is 26.2 Å². The van der Waals surface area contributed by atoms with Gasteiger partial charge in [-0.3, -0.25) is 9.59 Å². The maximum Gasteiger partial charge on any atom is 0.311 e. The van der Waals surface area contributed by atoms with E-state index in [9.17, 15) is 9.59 Å². The van der Waals surface area contributed by atoms with Crippen LogP contribution in [0.2, 0.25) is 0 Å². The summed E-state index contributed by atoms with van der Waals surface area (Å²) in [5.41, 5.74) is 5.25. The van der Waals surface area contributed by atoms with Gasteiger partial charge in [0.05, 0.1) is 0 Å². The van der Waals surface area contributed by atoms with Gasteiger partial charge in [-0.1, -0.05) is 13.3 Å². The second kappa shape index (κ2) is 6.48. The first kappa shape index (κ1) is 13.0. The fourth-order valence-electron chi connectivity index (χ4n) is 2.07. The van der Waals surface area contributed by atoms with Crippen LogP contribution >= 0.6 is 0 Å². The normalized spacial score (nSPS) is 19.9. The van der Waals surface area contributed by atoms with Crippen LogP contribution in [-0.2, 0) is 9.59 Å². The van der Waals surface area contributed by atoms with E-state index in [-0.39, 0.29) is 0 Å². The number of amides is 2. The van der Waals surface area contributed by atoms with Crippen molar-refractivity contribution < 1.29 is 9.59 Å². The minimum absolute atomic E-state index is 0.358. The standard InChI is InChI=1S/C11H21N3O2/c1-2-3-9-4-7-14(8-9)11(16)10(15)13-6-5-12/h9H,2-8,12H2,1H3,(H,13,15). The third-order valence-electron chi connectivity index (χ3n) is 2.89. The molecular weight excluding hydrogens is 206 g/mol. The van der Waals surface area contributed by atoms with Gasteiger partial charge in [-0.15, -0.1) is 0 Å². The van der Waals surface area contributed by atoms with Crippen LogP contribution in [0.5, 0.6) is 0 Å². The summed E-state index contributed by atoms with van der Waals surface area (Å²) in [6, 6.07) is 0. The van der Waals surface area contributed by atoms with E-state index in [1.807, 2.05) is 0 Å². The van der Waals surface area contributed by atoms with Crippen molar-refractivity contribution in [2.75, 3.05) is 26.2 Å². The van der Waals surface area contributed by atoms with Crippen molar-refractivity contribution in [2.45, 2.75) is 26.2 Å². The maximum atomic E-state index is 11.7. The molecular formula is C11H21N3O2. The zero-order valence-electron chi connectivity index (χ0n) is 9.87. The third-order valence-corrected chi connectivity index (χ3v) is 2.89. The minimum atomic E-state index is -0.525. The quantitative estimate of drug-likeness (QED) is 0.648. The zero-order chi connectivity index (χ0) is 12.0. The Morgan fingerprint density at radius 1 is 1.50 bits per heavy atom. The molecule has 1 unspecified atom stereocenters. The van der Waals surface area contributed by atoms with Gasteiger partial charge < -0.3 is 16.0 Å². The molecule has 1 heterocycles. The van der Waals surface area contributed by atoms with Crippen LogP contribution < -0.4 is 11.1 Å². The molecule has 1 atom stereocenters. The summed E-state index contributed by atoms with van der Waals surface area (Å²) in [5.74, 6) is -0.370. The number of nitrogens with one attached hydrogen (secondary N) is 1. The Morgan fingerprint density at radius 3 is 2.88 bits per heavy atom. The molecule has 0 aromatic carbocycles. The van der Waals surface area contributed by atoms with E-state index in [0.717, 1.165) is 25.8 Å². The fourth-order valence-corrected chi connectivity index (χ4v) is 2.07. The number of hydrogen-bond acceptors (Lipinski definition) is 3. The van der Waals surface area contributed by atoms with Gasteiger partial charge in [0.25, 0.3) is 0 Å². The largest absolute Gasteiger partial charge is 0.347 e. The van der Waals surface area contributed by atoms with Crippen LogP contribution in [0.25, 0.3) is 0 Å². The summed E-state index contributed by atoms with van der Waals surface area (Å²) in [6.07, 6.45) is 3.28. The average molecular weight is 227 g/mol. The van der Waals surface area contributed by atoms with Gasteiger partial charge in [0.1, 0.15) is 0 Å². The van der Waals surface area contributed by atoms with E-state index in [4.69, 9.17) is 5.73 Å². The number of nitrogens with zero attached hydrogens (tertiary/aromatic N) is 1. The number of carbonyl (C=O) groups excluding carboxylic acids is 2. The van der Waals surface area contributed by atoms with Crippen LogP contribution in [0.15, 0.2) is 0 Å². The van der Waals surface area contributed by atoms with Gasteiger partial charge in [0, 0.05) is 26.2 Å². The molecule has 0 aromatic heterocycles. The molecule has 1 fully saturated rings. The number of hydrogen-bond donors (Lipinski definition) is 2. The summed E-state index contributed by atoms with van der Waals surface area (Å²) in [4.78, 5) is 24.7. The van der Waals surface area contributed by atoms with Gasteiger partial charge in [0.15, 0.2) is 0 Å². The predicted octanol–water partition coefficient (Wildman–Crippen LogP) is -0.290. The number of carbonyl (C=O) groups is 2. The number of nitrogens with two attached hydrogens (primary N) is 1. The highest BCUT2D eigenvalue weighted by molar-refractivity contribution is 6.35. The Balaban J connectivity index is 2.35. The van der Waals surface area contributed by atoms with E-state index in [0.29, 0.717) is 25.6 Å². The molecule has 3 N–H and O–H groups in total. The molecule has 1 rings (SSSR count). The first-order chi connectivity index (χ1) is 7.69. The highest BCUT2D eigenvalue weighted by Crippen LogP contribution is 2.20. The van der Waals surface area contributed by atoms with Crippen LogP contribution in [0, 0.1) is 5.92 Å². The first-order valence-corrected chi connectivity index (χ1v) is 5.96. The molecule has 0 aromatic rings. The molecule has 5 heteroatoms. The molecule has 1 saturated heterocycles. The van der Waals surface area contributed by atoms with Crippen molar-refractivity contribution in [3.05, 3.63) is 0 Å². The molecule has 1 aliphatic rings. The Labute approximate surface area is 96.4 Å². The van der Waals surface area contributed by atoms with Crippen LogP contribution in [0.3, 0.4) is 0 Å². The zero-order valence-corrected chi connectivity index (χ0v) is 9.87. The molecule has 92 valence electrons. The molecule has 2 amide bonds. The summed E-state index contributed by atoms with van der Waals surface area (Å²) in [7, 11) is 0. The number of rotatable bonds is 4. The van der Waals surface area contributed by atoms with Crippen molar-refractivity contribution in [2.24, 2.45) is 11.7 Å². The van der Waals surface area contributed by atoms with Crippen molar-refractivity contribution >= 4 is 11.8 Å². The van der Waals surface area contributed by atoms with E-state index < -0.39 is 11.8 Å². The Kier molecular flexibility index (Phi) is 5.25. The summed E-state index contributed by atoms with van der Waals surface area (Å²) < 4.78 is 0. The fraction of sp³-hybridized carbons (Fsp3) is 0.818. The molecule has 0 aliphatic carbocycles. The smallest absolute Gasteiger partial charge is 0.311 e. The topological polar surface area (TPSA) is 75.4 Å². The highest BCUT2D eigenvalue weighted by Gasteiger charge is 2.29. The first-order valence-electron chi connectivity index (χ1n) is 5.96. The van der Waals surface area contributed by atoms with Gasteiger partial charge in [-0.2, -0.15) is 0 Å². The van der Waals surface area contributed by atoms with Gasteiger partial charge in [0.2, 0.25) is 0 Å². The van der Waals surface area contributed by atoms with Crippen molar-refractivity contribution in [3.8, 4) is 0 Å². The SMILES string of the molecule is CCCC1CCN(C(=O)C(=O)NCCN)C1. The Hall–Kier alpha value is -1.10. The lowest BCUT2D eigenvalue weighted by atomic mass is 10.0. The predicted molar refractivity (Wildman–Crippen MR) is 61.7 cm³/mol. The molecule has 5 nitrogen and oxygen atoms in total. The highest BCUT2D eigenvalue weighted by atomic mass is 16.2. The van der Waals surface area contributed by atoms with Crippen molar-refractivity contribution in [1.82, 2.24) is 10.2 Å². The lowest BCUT2D eigenvalue weighted by Crippen LogP contribution is -2.43. The molecule has 0 radical (unpaired) electrons. The van der Waals surface area contributed by atoms with E-state index in [1.165, 1.54) is 0 Å². The second-order valence-electron chi connectivity index (χ2n) is 4.24. The van der Waals surface area contributed by atoms with E-state index in [2.05, 4.69) is 12.2 Å². The Bertz CT molecular complexity index is 256. The minimum Gasteiger partial charge on any atom is -0.347 e. The maximum absolute atomic E-state index is 11.7. The summed E-state index contributed by atoms with van der Waals surface area (Å²) in [5, 5.41) is 2.50. The number of likely N-dealkylation sites (tertiary alicyclic amines) is 1. The van der Waals surface area contributed by atoms with E-state index in [1.54, 1.807) is 4.90 Å². The molecule has 0 saturated carbocycles. The molecule has 1 aliphatic heterocycles. The summed E-state index contributed by atoms with van der Waals surface area (Å²) >= 11 is 0. The van der Waals surface area contributed by atoms with Gasteiger partial charge in [-0.05, 0) is 18.8 Å².